The Kier molecular flexibility index (Phi) is 8.01. The third kappa shape index (κ3) is 7.14. The lowest BCUT2D eigenvalue weighted by Gasteiger charge is -2.24. The number of nitrogens with zero attached hydrogens (tertiary/aromatic N) is 1. The molecule has 15 heavy (non-hydrogen) atoms. The zero-order chi connectivity index (χ0) is 11.7. The zero-order valence-corrected chi connectivity index (χ0v) is 10.2. The normalized spacial score (nSPS) is 12.5. The Balaban J connectivity index is 3.91. The van der Waals surface area contributed by atoms with E-state index in [4.69, 9.17) is 4.74 Å². The average molecular weight is 213 g/mol. The van der Waals surface area contributed by atoms with Crippen LogP contribution in [0.4, 0.5) is 0 Å². The maximum Gasteiger partial charge on any atom is 0.330 e. The summed E-state index contributed by atoms with van der Waals surface area (Å²) in [6.07, 6.45) is 3.40. The van der Waals surface area contributed by atoms with E-state index in [0.717, 1.165) is 32.5 Å². The lowest BCUT2D eigenvalue weighted by Crippen LogP contribution is -2.34. The predicted octanol–water partition coefficient (Wildman–Crippen LogP) is 2.23. The van der Waals surface area contributed by atoms with E-state index in [1.165, 1.54) is 6.08 Å². The van der Waals surface area contributed by atoms with Crippen LogP contribution in [0.25, 0.3) is 0 Å². The molecule has 0 heterocycles. The van der Waals surface area contributed by atoms with Crippen LogP contribution in [-0.2, 0) is 9.53 Å². The maximum absolute atomic E-state index is 11.0. The van der Waals surface area contributed by atoms with E-state index < -0.39 is 0 Å². The SMILES string of the molecule is C=CC(=O)OC(C)CN(CCC)CCC. The number of rotatable bonds is 8. The third-order valence-electron chi connectivity index (χ3n) is 2.08. The van der Waals surface area contributed by atoms with Gasteiger partial charge < -0.3 is 4.74 Å². The number of hydrogen-bond donors (Lipinski definition) is 0. The van der Waals surface area contributed by atoms with Gasteiger partial charge in [0.05, 0.1) is 0 Å². The van der Waals surface area contributed by atoms with Gasteiger partial charge in [0.1, 0.15) is 6.10 Å². The number of carbonyl (C=O) groups excluding carboxylic acids is 1. The van der Waals surface area contributed by atoms with Gasteiger partial charge in [-0.25, -0.2) is 4.79 Å². The predicted molar refractivity (Wildman–Crippen MR) is 62.8 cm³/mol. The van der Waals surface area contributed by atoms with Gasteiger partial charge in [-0.05, 0) is 32.9 Å². The Morgan fingerprint density at radius 3 is 2.33 bits per heavy atom. The minimum Gasteiger partial charge on any atom is -0.458 e. The molecule has 0 radical (unpaired) electrons. The van der Waals surface area contributed by atoms with Gasteiger partial charge in [0.15, 0.2) is 0 Å². The van der Waals surface area contributed by atoms with E-state index in [1.807, 2.05) is 6.92 Å². The number of hydrogen-bond acceptors (Lipinski definition) is 3. The fourth-order valence-corrected chi connectivity index (χ4v) is 1.57. The second kappa shape index (κ2) is 8.48. The molecule has 0 aromatic heterocycles. The van der Waals surface area contributed by atoms with Gasteiger partial charge in [-0.1, -0.05) is 20.4 Å². The van der Waals surface area contributed by atoms with Crippen LogP contribution in [0.15, 0.2) is 12.7 Å². The average Bonchev–Trinajstić information content (AvgIpc) is 2.18. The summed E-state index contributed by atoms with van der Waals surface area (Å²) >= 11 is 0. The first kappa shape index (κ1) is 14.2. The molecule has 0 aromatic rings. The van der Waals surface area contributed by atoms with Crippen LogP contribution in [0.1, 0.15) is 33.6 Å². The molecule has 0 aliphatic carbocycles. The van der Waals surface area contributed by atoms with Crippen LogP contribution < -0.4 is 0 Å². The van der Waals surface area contributed by atoms with Crippen molar-refractivity contribution in [3.63, 3.8) is 0 Å². The molecule has 0 amide bonds. The van der Waals surface area contributed by atoms with Crippen molar-refractivity contribution in [1.82, 2.24) is 4.90 Å². The highest BCUT2D eigenvalue weighted by atomic mass is 16.5. The topological polar surface area (TPSA) is 29.5 Å². The zero-order valence-electron chi connectivity index (χ0n) is 10.2. The van der Waals surface area contributed by atoms with E-state index in [2.05, 4.69) is 25.3 Å². The lowest BCUT2D eigenvalue weighted by molar-refractivity contribution is -0.142. The number of ether oxygens (including phenoxy) is 1. The smallest absolute Gasteiger partial charge is 0.330 e. The molecule has 0 aromatic carbocycles. The van der Waals surface area contributed by atoms with Crippen LogP contribution >= 0.6 is 0 Å². The van der Waals surface area contributed by atoms with Gasteiger partial charge in [0, 0.05) is 12.6 Å². The van der Waals surface area contributed by atoms with E-state index in [-0.39, 0.29) is 12.1 Å². The van der Waals surface area contributed by atoms with Gasteiger partial charge in [-0.2, -0.15) is 0 Å². The van der Waals surface area contributed by atoms with Gasteiger partial charge in [0.2, 0.25) is 0 Å². The second-order valence-corrected chi connectivity index (χ2v) is 3.75. The van der Waals surface area contributed by atoms with Crippen LogP contribution in [-0.4, -0.2) is 36.6 Å². The number of esters is 1. The fraction of sp³-hybridized carbons (Fsp3) is 0.750. The highest BCUT2D eigenvalue weighted by molar-refractivity contribution is 5.81. The monoisotopic (exact) mass is 213 g/mol. The van der Waals surface area contributed by atoms with Gasteiger partial charge in [-0.3, -0.25) is 4.90 Å². The number of carbonyl (C=O) groups is 1. The molecular formula is C12H23NO2. The van der Waals surface area contributed by atoms with Crippen molar-refractivity contribution in [3.8, 4) is 0 Å². The molecule has 0 bridgehead atoms. The molecule has 0 saturated carbocycles. The van der Waals surface area contributed by atoms with E-state index in [1.54, 1.807) is 0 Å². The van der Waals surface area contributed by atoms with Crippen molar-refractivity contribution in [2.45, 2.75) is 39.7 Å². The molecule has 0 fully saturated rings. The molecular weight excluding hydrogens is 190 g/mol. The van der Waals surface area contributed by atoms with Gasteiger partial charge in [0.25, 0.3) is 0 Å². The highest BCUT2D eigenvalue weighted by Gasteiger charge is 2.11. The summed E-state index contributed by atoms with van der Waals surface area (Å²) in [7, 11) is 0. The van der Waals surface area contributed by atoms with Crippen molar-refractivity contribution in [2.24, 2.45) is 0 Å². The van der Waals surface area contributed by atoms with Crippen molar-refractivity contribution < 1.29 is 9.53 Å². The molecule has 0 aliphatic rings. The van der Waals surface area contributed by atoms with Crippen molar-refractivity contribution in [2.75, 3.05) is 19.6 Å². The van der Waals surface area contributed by atoms with E-state index >= 15 is 0 Å². The Morgan fingerprint density at radius 2 is 1.93 bits per heavy atom. The second-order valence-electron chi connectivity index (χ2n) is 3.75. The summed E-state index contributed by atoms with van der Waals surface area (Å²) < 4.78 is 5.12. The lowest BCUT2D eigenvalue weighted by atomic mass is 10.3. The van der Waals surface area contributed by atoms with Crippen LogP contribution in [0.3, 0.4) is 0 Å². The third-order valence-corrected chi connectivity index (χ3v) is 2.08. The Morgan fingerprint density at radius 1 is 1.40 bits per heavy atom. The van der Waals surface area contributed by atoms with Gasteiger partial charge in [-0.15, -0.1) is 0 Å². The minimum absolute atomic E-state index is 0.0615. The first-order valence-corrected chi connectivity index (χ1v) is 5.69. The van der Waals surface area contributed by atoms with Crippen LogP contribution in [0.5, 0.6) is 0 Å². The summed E-state index contributed by atoms with van der Waals surface area (Å²) in [6, 6.07) is 0. The van der Waals surface area contributed by atoms with Gasteiger partial charge >= 0.3 is 5.97 Å². The first-order chi connectivity index (χ1) is 7.13. The minimum atomic E-state index is -0.338. The summed E-state index contributed by atoms with van der Waals surface area (Å²) in [5, 5.41) is 0. The highest BCUT2D eigenvalue weighted by Crippen LogP contribution is 2.00. The van der Waals surface area contributed by atoms with Crippen LogP contribution in [0, 0.1) is 0 Å². The fourth-order valence-electron chi connectivity index (χ4n) is 1.57. The summed E-state index contributed by atoms with van der Waals surface area (Å²) in [4.78, 5) is 13.3. The molecule has 0 rings (SSSR count). The molecule has 1 unspecified atom stereocenters. The Bertz CT molecular complexity index is 186. The first-order valence-electron chi connectivity index (χ1n) is 5.69. The summed E-state index contributed by atoms with van der Waals surface area (Å²) in [5.74, 6) is -0.338. The van der Waals surface area contributed by atoms with E-state index in [9.17, 15) is 4.79 Å². The van der Waals surface area contributed by atoms with Crippen molar-refractivity contribution in [1.29, 1.82) is 0 Å². The molecule has 0 spiro atoms. The molecule has 3 heteroatoms. The quantitative estimate of drug-likeness (QED) is 0.457. The molecule has 0 saturated heterocycles. The maximum atomic E-state index is 11.0. The van der Waals surface area contributed by atoms with E-state index in [0.29, 0.717) is 0 Å². The summed E-state index contributed by atoms with van der Waals surface area (Å²) in [6.45, 7) is 12.5. The Hall–Kier alpha value is -0.830. The molecule has 0 aliphatic heterocycles. The molecule has 0 N–H and O–H groups in total. The van der Waals surface area contributed by atoms with Crippen molar-refractivity contribution >= 4 is 5.97 Å². The largest absolute Gasteiger partial charge is 0.458 e. The molecule has 1 atom stereocenters. The molecule has 3 nitrogen and oxygen atoms in total. The standard InChI is InChI=1S/C12H23NO2/c1-5-8-13(9-6-2)10-11(4)15-12(14)7-3/h7,11H,3,5-6,8-10H2,1-2,4H3. The van der Waals surface area contributed by atoms with Crippen molar-refractivity contribution in [3.05, 3.63) is 12.7 Å². The Labute approximate surface area is 93.1 Å². The summed E-state index contributed by atoms with van der Waals surface area (Å²) in [5.41, 5.74) is 0. The van der Waals surface area contributed by atoms with Crippen LogP contribution in [0.2, 0.25) is 0 Å². The molecule has 88 valence electrons.